The van der Waals surface area contributed by atoms with Gasteiger partial charge in [0.2, 0.25) is 5.56 Å². The zero-order chi connectivity index (χ0) is 9.42. The summed E-state index contributed by atoms with van der Waals surface area (Å²) in [5, 5.41) is 0.738. The van der Waals surface area contributed by atoms with Gasteiger partial charge < -0.3 is 9.55 Å². The first-order valence-corrected chi connectivity index (χ1v) is 3.73. The molecular formula is C8H7N3O2. The highest BCUT2D eigenvalue weighted by Crippen LogP contribution is 2.00. The van der Waals surface area contributed by atoms with Gasteiger partial charge in [-0.1, -0.05) is 0 Å². The Morgan fingerprint density at radius 1 is 1.38 bits per heavy atom. The lowest BCUT2D eigenvalue weighted by Crippen LogP contribution is -2.20. The molecule has 0 bridgehead atoms. The summed E-state index contributed by atoms with van der Waals surface area (Å²) < 4.78 is 1.36. The Morgan fingerprint density at radius 2 is 2.15 bits per heavy atom. The Bertz CT molecular complexity index is 567. The summed E-state index contributed by atoms with van der Waals surface area (Å²) in [6.07, 6.45) is 1.63. The summed E-state index contributed by atoms with van der Waals surface area (Å²) in [4.78, 5) is 28.1. The van der Waals surface area contributed by atoms with E-state index in [1.54, 1.807) is 19.3 Å². The van der Waals surface area contributed by atoms with Gasteiger partial charge in [0.15, 0.2) is 0 Å². The number of nitrogens with zero attached hydrogens (tertiary/aromatic N) is 2. The third-order valence-corrected chi connectivity index (χ3v) is 1.77. The second kappa shape index (κ2) is 2.55. The van der Waals surface area contributed by atoms with Crippen molar-refractivity contribution >= 4 is 11.0 Å². The minimum absolute atomic E-state index is 0.256. The van der Waals surface area contributed by atoms with Gasteiger partial charge in [-0.3, -0.25) is 4.79 Å². The van der Waals surface area contributed by atoms with Crippen LogP contribution in [0, 0.1) is 0 Å². The van der Waals surface area contributed by atoms with Crippen molar-refractivity contribution in [2.24, 2.45) is 7.05 Å². The van der Waals surface area contributed by atoms with E-state index >= 15 is 0 Å². The monoisotopic (exact) mass is 177 g/mol. The Labute approximate surface area is 72.7 Å². The van der Waals surface area contributed by atoms with Gasteiger partial charge >= 0.3 is 5.69 Å². The van der Waals surface area contributed by atoms with E-state index in [-0.39, 0.29) is 11.2 Å². The lowest BCUT2D eigenvalue weighted by atomic mass is 10.3. The predicted octanol–water partition coefficient (Wildman–Crippen LogP) is -0.378. The predicted molar refractivity (Wildman–Crippen MR) is 47.6 cm³/mol. The topological polar surface area (TPSA) is 67.8 Å². The smallest absolute Gasteiger partial charge is 0.306 e. The van der Waals surface area contributed by atoms with Crippen molar-refractivity contribution in [1.29, 1.82) is 0 Å². The number of fused-ring (bicyclic) bond motifs is 1. The van der Waals surface area contributed by atoms with Crippen LogP contribution in [-0.4, -0.2) is 14.5 Å². The molecule has 5 heteroatoms. The third kappa shape index (κ3) is 1.24. The van der Waals surface area contributed by atoms with Crippen LogP contribution in [0.15, 0.2) is 27.9 Å². The van der Waals surface area contributed by atoms with Crippen molar-refractivity contribution in [3.05, 3.63) is 39.2 Å². The minimum atomic E-state index is -0.380. The van der Waals surface area contributed by atoms with Crippen molar-refractivity contribution in [2.75, 3.05) is 0 Å². The number of hydrogen-bond acceptors (Lipinski definition) is 3. The molecule has 0 aromatic carbocycles. The molecule has 0 unspecified atom stereocenters. The van der Waals surface area contributed by atoms with Crippen molar-refractivity contribution < 1.29 is 0 Å². The van der Waals surface area contributed by atoms with Gasteiger partial charge in [-0.15, -0.1) is 0 Å². The number of pyridine rings is 1. The molecule has 13 heavy (non-hydrogen) atoms. The third-order valence-electron chi connectivity index (χ3n) is 1.77. The largest absolute Gasteiger partial charge is 0.349 e. The molecule has 0 spiro atoms. The second-order valence-electron chi connectivity index (χ2n) is 2.76. The molecular weight excluding hydrogens is 170 g/mol. The van der Waals surface area contributed by atoms with E-state index < -0.39 is 0 Å². The molecule has 0 aliphatic rings. The Kier molecular flexibility index (Phi) is 1.51. The fourth-order valence-electron chi connectivity index (χ4n) is 1.11. The van der Waals surface area contributed by atoms with Crippen molar-refractivity contribution in [2.45, 2.75) is 0 Å². The number of aromatic nitrogens is 3. The minimum Gasteiger partial charge on any atom is -0.306 e. The average molecular weight is 177 g/mol. The molecule has 2 aromatic rings. The first kappa shape index (κ1) is 7.72. The fraction of sp³-hybridized carbons (Fsp3) is 0.125. The maximum Gasteiger partial charge on any atom is 0.349 e. The molecule has 5 nitrogen and oxygen atoms in total. The first-order valence-electron chi connectivity index (χ1n) is 3.73. The van der Waals surface area contributed by atoms with E-state index in [4.69, 9.17) is 0 Å². The number of aromatic amines is 1. The molecule has 0 fully saturated rings. The molecule has 66 valence electrons. The van der Waals surface area contributed by atoms with Gasteiger partial charge in [0.25, 0.3) is 0 Å². The van der Waals surface area contributed by atoms with Gasteiger partial charge in [-0.05, 0) is 6.07 Å². The van der Waals surface area contributed by atoms with Crippen LogP contribution < -0.4 is 11.2 Å². The van der Waals surface area contributed by atoms with E-state index in [0.29, 0.717) is 5.65 Å². The molecule has 0 aliphatic carbocycles. The van der Waals surface area contributed by atoms with Crippen LogP contribution in [0.1, 0.15) is 0 Å². The van der Waals surface area contributed by atoms with Gasteiger partial charge in [0.1, 0.15) is 5.65 Å². The molecule has 0 radical (unpaired) electrons. The van der Waals surface area contributed by atoms with Crippen molar-refractivity contribution in [3.63, 3.8) is 0 Å². The summed E-state index contributed by atoms with van der Waals surface area (Å²) in [5.74, 6) is 0. The Balaban J connectivity index is 2.97. The standard InChI is InChI=1S/C8H7N3O2/c1-11-4-5-2-3-6(12)9-7(5)10-8(11)13/h2-4H,1H3,(H,9,10,12,13). The molecule has 2 rings (SSSR count). The van der Waals surface area contributed by atoms with Crippen molar-refractivity contribution in [3.8, 4) is 0 Å². The quantitative estimate of drug-likeness (QED) is 0.596. The average Bonchev–Trinajstić information content (AvgIpc) is 2.08. The lowest BCUT2D eigenvalue weighted by molar-refractivity contribution is 0.823. The van der Waals surface area contributed by atoms with E-state index in [2.05, 4.69) is 9.97 Å². The molecule has 0 saturated carbocycles. The van der Waals surface area contributed by atoms with E-state index in [1.165, 1.54) is 10.6 Å². The van der Waals surface area contributed by atoms with E-state index in [0.717, 1.165) is 5.39 Å². The molecule has 1 N–H and O–H groups in total. The summed E-state index contributed by atoms with van der Waals surface area (Å²) in [6, 6.07) is 3.02. The highest BCUT2D eigenvalue weighted by Gasteiger charge is 1.98. The van der Waals surface area contributed by atoms with Gasteiger partial charge in [0, 0.05) is 24.7 Å². The maximum atomic E-state index is 11.1. The van der Waals surface area contributed by atoms with Crippen LogP contribution in [0.25, 0.3) is 11.0 Å². The van der Waals surface area contributed by atoms with Gasteiger partial charge in [-0.2, -0.15) is 4.98 Å². The van der Waals surface area contributed by atoms with E-state index in [1.807, 2.05) is 0 Å². The Hall–Kier alpha value is -1.91. The van der Waals surface area contributed by atoms with Gasteiger partial charge in [0.05, 0.1) is 0 Å². The molecule has 2 heterocycles. The highest BCUT2D eigenvalue weighted by atomic mass is 16.1. The summed E-state index contributed by atoms with van der Waals surface area (Å²) in [6.45, 7) is 0. The van der Waals surface area contributed by atoms with Crippen LogP contribution in [0.3, 0.4) is 0 Å². The lowest BCUT2D eigenvalue weighted by Gasteiger charge is -1.97. The number of hydrogen-bond donors (Lipinski definition) is 1. The van der Waals surface area contributed by atoms with E-state index in [9.17, 15) is 9.59 Å². The normalized spacial score (nSPS) is 10.5. The molecule has 0 saturated heterocycles. The number of rotatable bonds is 0. The van der Waals surface area contributed by atoms with Crippen molar-refractivity contribution in [1.82, 2.24) is 14.5 Å². The van der Waals surface area contributed by atoms with Crippen LogP contribution in [-0.2, 0) is 7.05 Å². The first-order chi connectivity index (χ1) is 6.16. The summed E-state index contributed by atoms with van der Waals surface area (Å²) in [5.41, 5.74) is -0.307. The zero-order valence-corrected chi connectivity index (χ0v) is 6.94. The fourth-order valence-corrected chi connectivity index (χ4v) is 1.11. The molecule has 0 aliphatic heterocycles. The van der Waals surface area contributed by atoms with Crippen LogP contribution in [0.5, 0.6) is 0 Å². The molecule has 0 atom stereocenters. The number of aryl methyl sites for hydroxylation is 1. The van der Waals surface area contributed by atoms with Crippen LogP contribution >= 0.6 is 0 Å². The van der Waals surface area contributed by atoms with Crippen LogP contribution in [0.2, 0.25) is 0 Å². The highest BCUT2D eigenvalue weighted by molar-refractivity contribution is 5.72. The number of nitrogens with one attached hydrogen (secondary N) is 1. The molecule has 2 aromatic heterocycles. The second-order valence-corrected chi connectivity index (χ2v) is 2.76. The summed E-state index contributed by atoms with van der Waals surface area (Å²) in [7, 11) is 1.61. The molecule has 0 amide bonds. The number of H-pyrrole nitrogens is 1. The van der Waals surface area contributed by atoms with Gasteiger partial charge in [-0.25, -0.2) is 4.79 Å². The SMILES string of the molecule is Cn1cc2ccc(=O)[nH]c2nc1=O. The van der Waals surface area contributed by atoms with Crippen LogP contribution in [0.4, 0.5) is 0 Å². The zero-order valence-electron chi connectivity index (χ0n) is 6.94. The Morgan fingerprint density at radius 3 is 2.92 bits per heavy atom. The summed E-state index contributed by atoms with van der Waals surface area (Å²) >= 11 is 0. The maximum absolute atomic E-state index is 11.1.